The zero-order valence-corrected chi connectivity index (χ0v) is 12.1. The summed E-state index contributed by atoms with van der Waals surface area (Å²) in [6.45, 7) is 5.00. The van der Waals surface area contributed by atoms with Crippen LogP contribution in [0.5, 0.6) is 0 Å². The van der Waals surface area contributed by atoms with E-state index in [9.17, 15) is 0 Å². The number of hydrogen-bond acceptors (Lipinski definition) is 4. The topological polar surface area (TPSA) is 37.8 Å². The number of thiazole rings is 1. The predicted octanol–water partition coefficient (Wildman–Crippen LogP) is 3.39. The van der Waals surface area contributed by atoms with E-state index in [0.717, 1.165) is 29.2 Å². The average molecular weight is 282 g/mol. The van der Waals surface area contributed by atoms with Crippen LogP contribution in [0, 0.1) is 6.92 Å². The number of nitrogens with one attached hydrogen (secondary N) is 1. The van der Waals surface area contributed by atoms with E-state index >= 15 is 0 Å². The van der Waals surface area contributed by atoms with Crippen molar-refractivity contribution in [1.82, 2.24) is 15.3 Å². The molecule has 0 spiro atoms. The highest BCUT2D eigenvalue weighted by atomic mass is 35.5. The first kappa shape index (κ1) is 13.5. The molecule has 1 unspecified atom stereocenters. The Hall–Kier alpha value is -0.970. The highest BCUT2D eigenvalue weighted by Gasteiger charge is 2.15. The molecule has 2 aromatic rings. The summed E-state index contributed by atoms with van der Waals surface area (Å²) in [4.78, 5) is 8.53. The van der Waals surface area contributed by atoms with Gasteiger partial charge in [-0.2, -0.15) is 0 Å². The van der Waals surface area contributed by atoms with Gasteiger partial charge in [0.25, 0.3) is 0 Å². The molecule has 0 saturated heterocycles. The lowest BCUT2D eigenvalue weighted by Gasteiger charge is -2.18. The van der Waals surface area contributed by atoms with Crippen LogP contribution in [0.15, 0.2) is 23.8 Å². The van der Waals surface area contributed by atoms with Crippen molar-refractivity contribution in [2.45, 2.75) is 26.3 Å². The van der Waals surface area contributed by atoms with Crippen molar-refractivity contribution in [2.75, 3.05) is 6.54 Å². The summed E-state index contributed by atoms with van der Waals surface area (Å²) >= 11 is 7.90. The third kappa shape index (κ3) is 3.28. The van der Waals surface area contributed by atoms with Crippen molar-refractivity contribution < 1.29 is 0 Å². The molecule has 2 rings (SSSR count). The molecule has 0 aliphatic rings. The molecule has 1 atom stereocenters. The first-order valence-electron chi connectivity index (χ1n) is 5.94. The summed E-state index contributed by atoms with van der Waals surface area (Å²) in [5.41, 5.74) is 2.16. The molecule has 0 aromatic carbocycles. The molecule has 0 saturated carbocycles. The monoisotopic (exact) mass is 281 g/mol. The van der Waals surface area contributed by atoms with Crippen molar-refractivity contribution in [2.24, 2.45) is 0 Å². The van der Waals surface area contributed by atoms with E-state index in [1.54, 1.807) is 23.7 Å². The fraction of sp³-hybridized carbons (Fsp3) is 0.385. The minimum absolute atomic E-state index is 0.191. The molecule has 0 bridgehead atoms. The molecule has 0 aliphatic heterocycles. The maximum atomic E-state index is 6.21. The third-order valence-corrected chi connectivity index (χ3v) is 3.98. The van der Waals surface area contributed by atoms with Gasteiger partial charge in [0.1, 0.15) is 0 Å². The molecular weight excluding hydrogens is 266 g/mol. The van der Waals surface area contributed by atoms with Crippen LogP contribution in [0.1, 0.15) is 29.2 Å². The Labute approximate surface area is 116 Å². The second kappa shape index (κ2) is 6.27. The van der Waals surface area contributed by atoms with Gasteiger partial charge in [-0.25, -0.2) is 4.98 Å². The van der Waals surface area contributed by atoms with E-state index < -0.39 is 0 Å². The lowest BCUT2D eigenvalue weighted by Crippen LogP contribution is -2.23. The van der Waals surface area contributed by atoms with Crippen LogP contribution in [0.2, 0.25) is 5.02 Å². The Morgan fingerprint density at radius 3 is 2.94 bits per heavy atom. The number of halogens is 1. The average Bonchev–Trinajstić information content (AvgIpc) is 2.75. The van der Waals surface area contributed by atoms with Crippen molar-refractivity contribution in [3.63, 3.8) is 0 Å². The van der Waals surface area contributed by atoms with E-state index in [2.05, 4.69) is 27.6 Å². The van der Waals surface area contributed by atoms with E-state index in [1.807, 2.05) is 13.0 Å². The van der Waals surface area contributed by atoms with Crippen LogP contribution in [0.25, 0.3) is 0 Å². The van der Waals surface area contributed by atoms with E-state index in [0.29, 0.717) is 5.02 Å². The molecule has 1 N–H and O–H groups in total. The van der Waals surface area contributed by atoms with E-state index in [1.165, 1.54) is 0 Å². The van der Waals surface area contributed by atoms with Gasteiger partial charge in [0.2, 0.25) is 0 Å². The largest absolute Gasteiger partial charge is 0.310 e. The summed E-state index contributed by atoms with van der Waals surface area (Å²) in [6, 6.07) is 2.16. The van der Waals surface area contributed by atoms with Crippen LogP contribution in [-0.2, 0) is 6.42 Å². The summed E-state index contributed by atoms with van der Waals surface area (Å²) in [5.74, 6) is 0. The SMILES string of the molecule is CCNC(Cc1nc(C)cs1)c1ccncc1Cl. The van der Waals surface area contributed by atoms with Gasteiger partial charge in [0.05, 0.1) is 10.0 Å². The predicted molar refractivity (Wildman–Crippen MR) is 76.2 cm³/mol. The van der Waals surface area contributed by atoms with Crippen LogP contribution in [0.4, 0.5) is 0 Å². The molecule has 0 amide bonds. The summed E-state index contributed by atoms with van der Waals surface area (Å²) in [5, 5.41) is 7.36. The summed E-state index contributed by atoms with van der Waals surface area (Å²) in [7, 11) is 0. The smallest absolute Gasteiger partial charge is 0.0947 e. The third-order valence-electron chi connectivity index (χ3n) is 2.68. The van der Waals surface area contributed by atoms with E-state index in [-0.39, 0.29) is 6.04 Å². The lowest BCUT2D eigenvalue weighted by atomic mass is 10.1. The Balaban J connectivity index is 2.20. The minimum atomic E-state index is 0.191. The van der Waals surface area contributed by atoms with Gasteiger partial charge in [0.15, 0.2) is 0 Å². The first-order chi connectivity index (χ1) is 8.70. The van der Waals surface area contributed by atoms with Crippen molar-refractivity contribution in [1.29, 1.82) is 0 Å². The Morgan fingerprint density at radius 1 is 1.50 bits per heavy atom. The Kier molecular flexibility index (Phi) is 4.69. The molecule has 18 heavy (non-hydrogen) atoms. The number of pyridine rings is 1. The number of aromatic nitrogens is 2. The highest BCUT2D eigenvalue weighted by Crippen LogP contribution is 2.25. The first-order valence-corrected chi connectivity index (χ1v) is 7.20. The molecule has 5 heteroatoms. The number of likely N-dealkylation sites (N-methyl/N-ethyl adjacent to an activating group) is 1. The second-order valence-corrected chi connectivity index (χ2v) is 5.44. The Morgan fingerprint density at radius 2 is 2.33 bits per heavy atom. The fourth-order valence-corrected chi connectivity index (χ4v) is 2.95. The standard InChI is InChI=1S/C13H16ClN3S/c1-3-16-12(6-13-17-9(2)8-18-13)10-4-5-15-7-11(10)14/h4-5,7-8,12,16H,3,6H2,1-2H3. The molecular formula is C13H16ClN3S. The van der Waals surface area contributed by atoms with E-state index in [4.69, 9.17) is 11.6 Å². The molecule has 96 valence electrons. The van der Waals surface area contributed by atoms with Gasteiger partial charge in [-0.3, -0.25) is 4.98 Å². The van der Waals surface area contributed by atoms with Gasteiger partial charge in [-0.05, 0) is 25.1 Å². The fourth-order valence-electron chi connectivity index (χ4n) is 1.88. The van der Waals surface area contributed by atoms with Gasteiger partial charge in [-0.1, -0.05) is 18.5 Å². The van der Waals surface area contributed by atoms with Gasteiger partial charge in [-0.15, -0.1) is 11.3 Å². The number of aryl methyl sites for hydroxylation is 1. The minimum Gasteiger partial charge on any atom is -0.310 e. The van der Waals surface area contributed by atoms with Gasteiger partial charge in [0, 0.05) is 35.9 Å². The molecule has 0 radical (unpaired) electrons. The van der Waals surface area contributed by atoms with Crippen LogP contribution >= 0.6 is 22.9 Å². The number of hydrogen-bond donors (Lipinski definition) is 1. The zero-order chi connectivity index (χ0) is 13.0. The number of nitrogens with zero attached hydrogens (tertiary/aromatic N) is 2. The normalized spacial score (nSPS) is 12.6. The molecule has 2 heterocycles. The maximum Gasteiger partial charge on any atom is 0.0947 e. The van der Waals surface area contributed by atoms with Crippen LogP contribution in [-0.4, -0.2) is 16.5 Å². The summed E-state index contributed by atoms with van der Waals surface area (Å²) < 4.78 is 0. The maximum absolute atomic E-state index is 6.21. The van der Waals surface area contributed by atoms with Gasteiger partial charge >= 0.3 is 0 Å². The van der Waals surface area contributed by atoms with Crippen molar-refractivity contribution in [3.8, 4) is 0 Å². The molecule has 0 aliphatic carbocycles. The van der Waals surface area contributed by atoms with Gasteiger partial charge < -0.3 is 5.32 Å². The zero-order valence-electron chi connectivity index (χ0n) is 10.5. The summed E-state index contributed by atoms with van der Waals surface area (Å²) in [6.07, 6.45) is 4.32. The molecule has 2 aromatic heterocycles. The quantitative estimate of drug-likeness (QED) is 0.913. The molecule has 3 nitrogen and oxygen atoms in total. The van der Waals surface area contributed by atoms with Crippen molar-refractivity contribution >= 4 is 22.9 Å². The highest BCUT2D eigenvalue weighted by molar-refractivity contribution is 7.09. The Bertz CT molecular complexity index is 512. The van der Waals surface area contributed by atoms with Crippen molar-refractivity contribution in [3.05, 3.63) is 45.1 Å². The second-order valence-electron chi connectivity index (χ2n) is 4.09. The number of rotatable bonds is 5. The van der Waals surface area contributed by atoms with Crippen LogP contribution < -0.4 is 5.32 Å². The molecule has 0 fully saturated rings. The lowest BCUT2D eigenvalue weighted by molar-refractivity contribution is 0.548. The van der Waals surface area contributed by atoms with Crippen LogP contribution in [0.3, 0.4) is 0 Å².